The van der Waals surface area contributed by atoms with Gasteiger partial charge in [0.2, 0.25) is 5.88 Å². The van der Waals surface area contributed by atoms with Gasteiger partial charge in [0.1, 0.15) is 5.56 Å². The molecule has 1 heterocycles. The lowest BCUT2D eigenvalue weighted by atomic mass is 10.2. The Balaban J connectivity index is 2.58. The van der Waals surface area contributed by atoms with Crippen molar-refractivity contribution in [1.29, 1.82) is 0 Å². The minimum atomic E-state index is -0.508. The average Bonchev–Trinajstić information content (AvgIpc) is 2.36. The van der Waals surface area contributed by atoms with E-state index in [9.17, 15) is 9.90 Å². The highest BCUT2D eigenvalue weighted by Gasteiger charge is 2.13. The smallest absolute Gasteiger partial charge is 0.256 e. The van der Waals surface area contributed by atoms with Gasteiger partial charge in [0, 0.05) is 12.7 Å². The zero-order valence-corrected chi connectivity index (χ0v) is 10.1. The molecule has 0 aliphatic heterocycles. The summed E-state index contributed by atoms with van der Waals surface area (Å²) in [6.07, 6.45) is 2.60. The number of rotatable bonds is 6. The van der Waals surface area contributed by atoms with Gasteiger partial charge in [0.05, 0.1) is 13.2 Å². The number of ether oxygens (including phenoxy) is 1. The number of carbonyl (C=O) groups excluding carboxylic acids is 1. The second kappa shape index (κ2) is 6.85. The fourth-order valence-electron chi connectivity index (χ4n) is 1.47. The molecule has 1 amide bonds. The van der Waals surface area contributed by atoms with Crippen LogP contribution in [0.2, 0.25) is 0 Å². The maximum Gasteiger partial charge on any atom is 0.256 e. The molecule has 1 unspecified atom stereocenters. The van der Waals surface area contributed by atoms with E-state index >= 15 is 0 Å². The normalized spacial score (nSPS) is 11.9. The number of aliphatic hydroxyl groups is 1. The van der Waals surface area contributed by atoms with Crippen molar-refractivity contribution in [3.05, 3.63) is 23.9 Å². The molecule has 5 nitrogen and oxygen atoms in total. The van der Waals surface area contributed by atoms with Crippen LogP contribution in [0.25, 0.3) is 0 Å². The molecule has 17 heavy (non-hydrogen) atoms. The monoisotopic (exact) mass is 238 g/mol. The van der Waals surface area contributed by atoms with E-state index in [1.165, 1.54) is 7.11 Å². The largest absolute Gasteiger partial charge is 0.480 e. The molecule has 0 radical (unpaired) electrons. The molecule has 1 aromatic heterocycles. The second-order valence-electron chi connectivity index (χ2n) is 3.71. The molecule has 0 saturated carbocycles. The Kier molecular flexibility index (Phi) is 5.42. The van der Waals surface area contributed by atoms with E-state index in [0.29, 0.717) is 12.0 Å². The van der Waals surface area contributed by atoms with Gasteiger partial charge in [0.15, 0.2) is 0 Å². The fourth-order valence-corrected chi connectivity index (χ4v) is 1.47. The second-order valence-corrected chi connectivity index (χ2v) is 3.71. The number of pyridine rings is 1. The molecule has 5 heteroatoms. The number of nitrogens with zero attached hydrogens (tertiary/aromatic N) is 1. The Morgan fingerprint density at radius 1 is 1.65 bits per heavy atom. The van der Waals surface area contributed by atoms with Crippen LogP contribution in [-0.4, -0.2) is 35.8 Å². The van der Waals surface area contributed by atoms with Crippen LogP contribution in [0.1, 0.15) is 30.1 Å². The first-order chi connectivity index (χ1) is 8.19. The van der Waals surface area contributed by atoms with Crippen molar-refractivity contribution >= 4 is 5.91 Å². The number of nitrogens with one attached hydrogen (secondary N) is 1. The average molecular weight is 238 g/mol. The van der Waals surface area contributed by atoms with Gasteiger partial charge in [-0.15, -0.1) is 0 Å². The Morgan fingerprint density at radius 3 is 3.06 bits per heavy atom. The van der Waals surface area contributed by atoms with Gasteiger partial charge < -0.3 is 15.2 Å². The summed E-state index contributed by atoms with van der Waals surface area (Å²) < 4.78 is 4.99. The van der Waals surface area contributed by atoms with Gasteiger partial charge >= 0.3 is 0 Å². The molecule has 0 saturated heterocycles. The Labute approximate surface area is 101 Å². The predicted molar refractivity (Wildman–Crippen MR) is 64.0 cm³/mol. The van der Waals surface area contributed by atoms with Crippen molar-refractivity contribution in [3.63, 3.8) is 0 Å². The van der Waals surface area contributed by atoms with Crippen molar-refractivity contribution in [1.82, 2.24) is 10.3 Å². The molecule has 1 aromatic rings. The first-order valence-electron chi connectivity index (χ1n) is 5.64. The summed E-state index contributed by atoms with van der Waals surface area (Å²) in [7, 11) is 1.46. The van der Waals surface area contributed by atoms with E-state index < -0.39 is 6.10 Å². The summed E-state index contributed by atoms with van der Waals surface area (Å²) >= 11 is 0. The van der Waals surface area contributed by atoms with Crippen molar-refractivity contribution in [3.8, 4) is 5.88 Å². The fraction of sp³-hybridized carbons (Fsp3) is 0.500. The highest BCUT2D eigenvalue weighted by Crippen LogP contribution is 2.12. The van der Waals surface area contributed by atoms with Gasteiger partial charge in [-0.05, 0) is 18.6 Å². The number of carbonyl (C=O) groups is 1. The number of methoxy groups -OCH3 is 1. The molecule has 0 aromatic carbocycles. The minimum Gasteiger partial charge on any atom is -0.480 e. The number of hydrogen-bond donors (Lipinski definition) is 2. The molecule has 0 aliphatic rings. The Hall–Kier alpha value is -1.62. The summed E-state index contributed by atoms with van der Waals surface area (Å²) in [6.45, 7) is 2.22. The molecular weight excluding hydrogens is 220 g/mol. The molecule has 0 bridgehead atoms. The molecule has 0 fully saturated rings. The number of aromatic nitrogens is 1. The minimum absolute atomic E-state index is 0.241. The lowest BCUT2D eigenvalue weighted by molar-refractivity contribution is 0.0906. The molecule has 94 valence electrons. The van der Waals surface area contributed by atoms with E-state index in [1.54, 1.807) is 18.3 Å². The number of aliphatic hydroxyl groups excluding tert-OH is 1. The van der Waals surface area contributed by atoms with Gasteiger partial charge in [-0.3, -0.25) is 4.79 Å². The highest BCUT2D eigenvalue weighted by molar-refractivity contribution is 5.96. The van der Waals surface area contributed by atoms with E-state index in [-0.39, 0.29) is 18.3 Å². The van der Waals surface area contributed by atoms with Crippen LogP contribution in [0.3, 0.4) is 0 Å². The summed E-state index contributed by atoms with van der Waals surface area (Å²) in [4.78, 5) is 15.7. The Morgan fingerprint density at radius 2 is 2.41 bits per heavy atom. The van der Waals surface area contributed by atoms with Crippen LogP contribution < -0.4 is 10.1 Å². The number of hydrogen-bond acceptors (Lipinski definition) is 4. The number of amides is 1. The van der Waals surface area contributed by atoms with Crippen LogP contribution >= 0.6 is 0 Å². The third-order valence-corrected chi connectivity index (χ3v) is 2.33. The van der Waals surface area contributed by atoms with Crippen LogP contribution in [0.15, 0.2) is 18.3 Å². The van der Waals surface area contributed by atoms with Crippen LogP contribution in [0, 0.1) is 0 Å². The third kappa shape index (κ3) is 4.03. The van der Waals surface area contributed by atoms with Gasteiger partial charge in [-0.2, -0.15) is 0 Å². The van der Waals surface area contributed by atoms with Crippen molar-refractivity contribution in [2.75, 3.05) is 13.7 Å². The molecule has 2 N–H and O–H groups in total. The zero-order valence-electron chi connectivity index (χ0n) is 10.1. The predicted octanol–water partition coefficient (Wildman–Crippen LogP) is 0.981. The molecule has 1 atom stereocenters. The SMILES string of the molecule is CCCC(O)CNC(=O)c1cccnc1OC. The van der Waals surface area contributed by atoms with E-state index in [4.69, 9.17) is 4.74 Å². The zero-order chi connectivity index (χ0) is 12.7. The standard InChI is InChI=1S/C12H18N2O3/c1-3-5-9(15)8-14-11(16)10-6-4-7-13-12(10)17-2/h4,6-7,9,15H,3,5,8H2,1-2H3,(H,14,16). The Bertz CT molecular complexity index is 369. The van der Waals surface area contributed by atoms with E-state index in [0.717, 1.165) is 6.42 Å². The third-order valence-electron chi connectivity index (χ3n) is 2.33. The molecular formula is C12H18N2O3. The first-order valence-corrected chi connectivity index (χ1v) is 5.64. The topological polar surface area (TPSA) is 71.5 Å². The molecule has 0 aliphatic carbocycles. The maximum absolute atomic E-state index is 11.8. The van der Waals surface area contributed by atoms with Crippen molar-refractivity contribution < 1.29 is 14.6 Å². The van der Waals surface area contributed by atoms with E-state index in [1.807, 2.05) is 6.92 Å². The van der Waals surface area contributed by atoms with Gasteiger partial charge in [0.25, 0.3) is 5.91 Å². The first kappa shape index (κ1) is 13.4. The van der Waals surface area contributed by atoms with Crippen LogP contribution in [0.4, 0.5) is 0 Å². The van der Waals surface area contributed by atoms with Crippen molar-refractivity contribution in [2.24, 2.45) is 0 Å². The van der Waals surface area contributed by atoms with Crippen LogP contribution in [-0.2, 0) is 0 Å². The molecule has 0 spiro atoms. The maximum atomic E-state index is 11.8. The lowest BCUT2D eigenvalue weighted by Crippen LogP contribution is -2.32. The lowest BCUT2D eigenvalue weighted by Gasteiger charge is -2.11. The van der Waals surface area contributed by atoms with E-state index in [2.05, 4.69) is 10.3 Å². The van der Waals surface area contributed by atoms with Gasteiger partial charge in [-0.1, -0.05) is 13.3 Å². The summed E-state index contributed by atoms with van der Waals surface area (Å²) in [5, 5.41) is 12.2. The quantitative estimate of drug-likeness (QED) is 0.775. The molecule has 1 rings (SSSR count). The van der Waals surface area contributed by atoms with Crippen LogP contribution in [0.5, 0.6) is 5.88 Å². The summed E-state index contributed by atoms with van der Waals surface area (Å²) in [5.74, 6) is 0.0000781. The highest BCUT2D eigenvalue weighted by atomic mass is 16.5. The summed E-state index contributed by atoms with van der Waals surface area (Å²) in [5.41, 5.74) is 0.374. The van der Waals surface area contributed by atoms with Gasteiger partial charge in [-0.25, -0.2) is 4.98 Å². The summed E-state index contributed by atoms with van der Waals surface area (Å²) in [6, 6.07) is 3.30. The van der Waals surface area contributed by atoms with Crippen molar-refractivity contribution in [2.45, 2.75) is 25.9 Å².